The second-order valence-corrected chi connectivity index (χ2v) is 8.69. The number of rotatable bonds is 6. The van der Waals surface area contributed by atoms with E-state index in [0.29, 0.717) is 31.5 Å². The fourth-order valence-corrected chi connectivity index (χ4v) is 3.46. The Bertz CT molecular complexity index is 567. The molecule has 0 bridgehead atoms. The quantitative estimate of drug-likeness (QED) is 0.318. The standard InChI is InChI=1S/C20H37N5O3.HI/c1-20(2,3)28-19(27)25(16-6-7-16)13-10-23-18(22-5)24-11-8-15(9-12-24)14-17(26)21-4;/h15-16H,6-14H2,1-5H3,(H,21,26)(H,22,23);1H. The van der Waals surface area contributed by atoms with Crippen LogP contribution in [-0.4, -0.2) is 79.7 Å². The highest BCUT2D eigenvalue weighted by Crippen LogP contribution is 2.28. The summed E-state index contributed by atoms with van der Waals surface area (Å²) in [6, 6.07) is 0.305. The van der Waals surface area contributed by atoms with Crippen LogP contribution in [0.15, 0.2) is 4.99 Å². The molecular formula is C20H38IN5O3. The lowest BCUT2D eigenvalue weighted by Gasteiger charge is -2.34. The fraction of sp³-hybridized carbons (Fsp3) is 0.850. The van der Waals surface area contributed by atoms with E-state index in [0.717, 1.165) is 44.7 Å². The van der Waals surface area contributed by atoms with E-state index in [2.05, 4.69) is 20.5 Å². The van der Waals surface area contributed by atoms with Crippen LogP contribution in [0.1, 0.15) is 52.9 Å². The number of guanidine groups is 1. The van der Waals surface area contributed by atoms with Crippen molar-refractivity contribution >= 4 is 41.9 Å². The van der Waals surface area contributed by atoms with E-state index in [1.807, 2.05) is 25.7 Å². The van der Waals surface area contributed by atoms with Gasteiger partial charge in [-0.2, -0.15) is 0 Å². The predicted molar refractivity (Wildman–Crippen MR) is 126 cm³/mol. The van der Waals surface area contributed by atoms with Gasteiger partial charge in [-0.3, -0.25) is 9.79 Å². The van der Waals surface area contributed by atoms with E-state index in [1.54, 1.807) is 14.1 Å². The van der Waals surface area contributed by atoms with E-state index < -0.39 is 5.60 Å². The summed E-state index contributed by atoms with van der Waals surface area (Å²) in [7, 11) is 3.47. The highest BCUT2D eigenvalue weighted by Gasteiger charge is 2.35. The molecule has 2 amide bonds. The highest BCUT2D eigenvalue weighted by atomic mass is 127. The van der Waals surface area contributed by atoms with Crippen LogP contribution in [0.3, 0.4) is 0 Å². The summed E-state index contributed by atoms with van der Waals surface area (Å²) in [5, 5.41) is 6.09. The Labute approximate surface area is 192 Å². The summed E-state index contributed by atoms with van der Waals surface area (Å²) in [6.45, 7) is 8.70. The van der Waals surface area contributed by atoms with Gasteiger partial charge < -0.3 is 25.2 Å². The molecule has 0 radical (unpaired) electrons. The molecule has 2 rings (SSSR count). The Morgan fingerprint density at radius 3 is 2.28 bits per heavy atom. The molecule has 1 heterocycles. The number of amides is 2. The Morgan fingerprint density at radius 1 is 1.17 bits per heavy atom. The molecule has 0 spiro atoms. The van der Waals surface area contributed by atoms with E-state index >= 15 is 0 Å². The number of carbonyl (C=O) groups is 2. The van der Waals surface area contributed by atoms with Crippen LogP contribution in [-0.2, 0) is 9.53 Å². The second kappa shape index (κ2) is 11.8. The molecule has 168 valence electrons. The molecule has 2 N–H and O–H groups in total. The van der Waals surface area contributed by atoms with Gasteiger partial charge in [-0.15, -0.1) is 24.0 Å². The zero-order chi connectivity index (χ0) is 20.7. The van der Waals surface area contributed by atoms with Crippen LogP contribution in [0.4, 0.5) is 4.79 Å². The summed E-state index contributed by atoms with van der Waals surface area (Å²) in [5.41, 5.74) is -0.479. The molecule has 0 atom stereocenters. The number of piperidine rings is 1. The van der Waals surface area contributed by atoms with Gasteiger partial charge in [-0.05, 0) is 52.4 Å². The first-order valence-corrected chi connectivity index (χ1v) is 10.4. The van der Waals surface area contributed by atoms with Crippen molar-refractivity contribution in [3.63, 3.8) is 0 Å². The number of hydrogen-bond acceptors (Lipinski definition) is 4. The fourth-order valence-electron chi connectivity index (χ4n) is 3.46. The monoisotopic (exact) mass is 523 g/mol. The molecule has 0 aromatic carbocycles. The summed E-state index contributed by atoms with van der Waals surface area (Å²) in [4.78, 5) is 32.5. The van der Waals surface area contributed by atoms with E-state index in [-0.39, 0.29) is 36.0 Å². The number of aliphatic imine (C=N–C) groups is 1. The Kier molecular flexibility index (Phi) is 10.5. The van der Waals surface area contributed by atoms with Crippen LogP contribution in [0, 0.1) is 5.92 Å². The molecule has 1 saturated heterocycles. The third-order valence-corrected chi connectivity index (χ3v) is 5.13. The maximum absolute atomic E-state index is 12.4. The van der Waals surface area contributed by atoms with Crippen LogP contribution < -0.4 is 10.6 Å². The van der Waals surface area contributed by atoms with Crippen molar-refractivity contribution in [2.75, 3.05) is 40.3 Å². The van der Waals surface area contributed by atoms with E-state index in [9.17, 15) is 9.59 Å². The average molecular weight is 523 g/mol. The van der Waals surface area contributed by atoms with Crippen molar-refractivity contribution in [2.45, 2.75) is 64.5 Å². The zero-order valence-electron chi connectivity index (χ0n) is 18.5. The van der Waals surface area contributed by atoms with Gasteiger partial charge in [-0.25, -0.2) is 4.79 Å². The third kappa shape index (κ3) is 8.96. The third-order valence-electron chi connectivity index (χ3n) is 5.13. The molecule has 29 heavy (non-hydrogen) atoms. The molecular weight excluding hydrogens is 485 g/mol. The maximum Gasteiger partial charge on any atom is 0.410 e. The average Bonchev–Trinajstić information content (AvgIpc) is 3.46. The number of likely N-dealkylation sites (tertiary alicyclic amines) is 1. The van der Waals surface area contributed by atoms with Gasteiger partial charge in [0.2, 0.25) is 5.91 Å². The molecule has 1 aliphatic heterocycles. The van der Waals surface area contributed by atoms with Crippen molar-refractivity contribution in [3.05, 3.63) is 0 Å². The number of nitrogens with one attached hydrogen (secondary N) is 2. The molecule has 9 heteroatoms. The zero-order valence-corrected chi connectivity index (χ0v) is 20.8. The van der Waals surface area contributed by atoms with E-state index in [1.165, 1.54) is 0 Å². The van der Waals surface area contributed by atoms with Gasteiger partial charge in [0.25, 0.3) is 0 Å². The maximum atomic E-state index is 12.4. The van der Waals surface area contributed by atoms with Gasteiger partial charge in [-0.1, -0.05) is 0 Å². The minimum Gasteiger partial charge on any atom is -0.444 e. The second-order valence-electron chi connectivity index (χ2n) is 8.69. The lowest BCUT2D eigenvalue weighted by molar-refractivity contribution is -0.121. The van der Waals surface area contributed by atoms with Crippen LogP contribution in [0.25, 0.3) is 0 Å². The van der Waals surface area contributed by atoms with Gasteiger partial charge in [0.05, 0.1) is 0 Å². The Morgan fingerprint density at radius 2 is 1.79 bits per heavy atom. The van der Waals surface area contributed by atoms with Gasteiger partial charge >= 0.3 is 6.09 Å². The molecule has 0 aromatic heterocycles. The largest absolute Gasteiger partial charge is 0.444 e. The minimum absolute atomic E-state index is 0. The first-order chi connectivity index (χ1) is 13.2. The summed E-state index contributed by atoms with van der Waals surface area (Å²) in [6.07, 6.45) is 4.43. The van der Waals surface area contributed by atoms with Crippen molar-refractivity contribution < 1.29 is 14.3 Å². The van der Waals surface area contributed by atoms with Gasteiger partial charge in [0.15, 0.2) is 5.96 Å². The van der Waals surface area contributed by atoms with Crippen LogP contribution in [0.5, 0.6) is 0 Å². The summed E-state index contributed by atoms with van der Waals surface area (Å²) in [5.74, 6) is 1.41. The first-order valence-electron chi connectivity index (χ1n) is 10.4. The molecule has 2 aliphatic rings. The van der Waals surface area contributed by atoms with Crippen molar-refractivity contribution in [1.29, 1.82) is 0 Å². The molecule has 0 unspecified atom stereocenters. The Balaban J connectivity index is 0.00000420. The van der Waals surface area contributed by atoms with Crippen molar-refractivity contribution in [1.82, 2.24) is 20.4 Å². The summed E-state index contributed by atoms with van der Waals surface area (Å²) >= 11 is 0. The number of carbonyl (C=O) groups excluding carboxylic acids is 2. The van der Waals surface area contributed by atoms with E-state index in [4.69, 9.17) is 4.74 Å². The normalized spacial score (nSPS) is 18.0. The highest BCUT2D eigenvalue weighted by molar-refractivity contribution is 14.0. The lowest BCUT2D eigenvalue weighted by atomic mass is 9.93. The molecule has 1 aliphatic carbocycles. The molecule has 0 aromatic rings. The number of nitrogens with zero attached hydrogens (tertiary/aromatic N) is 3. The molecule has 2 fully saturated rings. The predicted octanol–water partition coefficient (Wildman–Crippen LogP) is 2.43. The molecule has 8 nitrogen and oxygen atoms in total. The topological polar surface area (TPSA) is 86.3 Å². The molecule has 1 saturated carbocycles. The van der Waals surface area contributed by atoms with Crippen LogP contribution in [0.2, 0.25) is 0 Å². The number of hydrogen-bond donors (Lipinski definition) is 2. The smallest absolute Gasteiger partial charge is 0.410 e. The number of ether oxygens (including phenoxy) is 1. The summed E-state index contributed by atoms with van der Waals surface area (Å²) < 4.78 is 5.54. The SMILES string of the molecule is CN=C(NCCN(C(=O)OC(C)(C)C)C1CC1)N1CCC(CC(=O)NC)CC1.I. The van der Waals surface area contributed by atoms with Crippen molar-refractivity contribution in [2.24, 2.45) is 10.9 Å². The number of halogens is 1. The lowest BCUT2D eigenvalue weighted by Crippen LogP contribution is -2.48. The van der Waals surface area contributed by atoms with Gasteiger partial charge in [0, 0.05) is 52.7 Å². The minimum atomic E-state index is -0.479. The van der Waals surface area contributed by atoms with Crippen molar-refractivity contribution in [3.8, 4) is 0 Å². The Hall–Kier alpha value is -1.26. The van der Waals surface area contributed by atoms with Crippen LogP contribution >= 0.6 is 24.0 Å². The van der Waals surface area contributed by atoms with Gasteiger partial charge in [0.1, 0.15) is 5.60 Å². The first kappa shape index (κ1) is 25.8.